The zero-order valence-corrected chi connectivity index (χ0v) is 15.7. The smallest absolute Gasteiger partial charge is 0.303 e. The maximum absolute atomic E-state index is 10.8. The summed E-state index contributed by atoms with van der Waals surface area (Å²) in [6.07, 6.45) is 5.47. The molecule has 136 valence electrons. The summed E-state index contributed by atoms with van der Waals surface area (Å²) in [6.45, 7) is 2.56. The van der Waals surface area contributed by atoms with Crippen molar-refractivity contribution in [2.75, 3.05) is 0 Å². The molecule has 2 aromatic rings. The third-order valence-corrected chi connectivity index (χ3v) is 5.02. The van der Waals surface area contributed by atoms with E-state index >= 15 is 0 Å². The molecule has 1 aromatic carbocycles. The van der Waals surface area contributed by atoms with Crippen molar-refractivity contribution in [3.8, 4) is 11.8 Å². The van der Waals surface area contributed by atoms with Gasteiger partial charge >= 0.3 is 5.97 Å². The Kier molecular flexibility index (Phi) is 6.00. The van der Waals surface area contributed by atoms with Gasteiger partial charge in [0.1, 0.15) is 0 Å². The second-order valence-corrected chi connectivity index (χ2v) is 7.32. The molecule has 5 heteroatoms. The topological polar surface area (TPSA) is 55.1 Å². The van der Waals surface area contributed by atoms with Crippen molar-refractivity contribution < 1.29 is 9.90 Å². The van der Waals surface area contributed by atoms with E-state index in [2.05, 4.69) is 16.9 Å². The molecule has 3 rings (SSSR count). The van der Waals surface area contributed by atoms with Gasteiger partial charge in [0.15, 0.2) is 0 Å². The van der Waals surface area contributed by atoms with E-state index in [4.69, 9.17) is 16.7 Å². The van der Waals surface area contributed by atoms with Gasteiger partial charge in [-0.2, -0.15) is 5.10 Å². The van der Waals surface area contributed by atoms with Crippen molar-refractivity contribution in [2.24, 2.45) is 5.92 Å². The average Bonchev–Trinajstić information content (AvgIpc) is 3.22. The third kappa shape index (κ3) is 4.89. The predicted octanol–water partition coefficient (Wildman–Crippen LogP) is 4.45. The Balaban J connectivity index is 1.80. The van der Waals surface area contributed by atoms with Gasteiger partial charge in [-0.3, -0.25) is 9.48 Å². The summed E-state index contributed by atoms with van der Waals surface area (Å²) in [6, 6.07) is 7.73. The van der Waals surface area contributed by atoms with Crippen LogP contribution in [0, 0.1) is 24.7 Å². The van der Waals surface area contributed by atoms with E-state index in [1.165, 1.54) is 25.7 Å². The van der Waals surface area contributed by atoms with Crippen LogP contribution in [0.1, 0.15) is 54.6 Å². The molecule has 0 atom stereocenters. The summed E-state index contributed by atoms with van der Waals surface area (Å²) >= 11 is 6.20. The lowest BCUT2D eigenvalue weighted by atomic mass is 10.0. The first-order valence-electron chi connectivity index (χ1n) is 9.06. The number of benzene rings is 1. The summed E-state index contributed by atoms with van der Waals surface area (Å²) in [7, 11) is 0. The van der Waals surface area contributed by atoms with E-state index in [1.54, 1.807) is 0 Å². The normalized spacial score (nSPS) is 14.2. The number of rotatable bonds is 5. The first kappa shape index (κ1) is 18.5. The van der Waals surface area contributed by atoms with E-state index in [-0.39, 0.29) is 6.42 Å². The highest BCUT2D eigenvalue weighted by molar-refractivity contribution is 6.30. The molecular weight excluding hydrogens is 348 g/mol. The SMILES string of the molecule is Cc1cc(CCC(=O)O)nn1Cc1cc(Cl)ccc1C#CC1CCCC1. The maximum atomic E-state index is 10.8. The molecule has 0 amide bonds. The predicted molar refractivity (Wildman–Crippen MR) is 102 cm³/mol. The van der Waals surface area contributed by atoms with Gasteiger partial charge in [0.05, 0.1) is 18.7 Å². The molecule has 1 saturated carbocycles. The number of nitrogens with zero attached hydrogens (tertiary/aromatic N) is 2. The van der Waals surface area contributed by atoms with Crippen LogP contribution in [0.25, 0.3) is 0 Å². The average molecular weight is 371 g/mol. The van der Waals surface area contributed by atoms with Crippen molar-refractivity contribution in [2.45, 2.75) is 52.0 Å². The Labute approximate surface area is 159 Å². The minimum absolute atomic E-state index is 0.0890. The largest absolute Gasteiger partial charge is 0.481 e. The van der Waals surface area contributed by atoms with Crippen LogP contribution in [0.15, 0.2) is 24.3 Å². The number of hydrogen-bond donors (Lipinski definition) is 1. The molecule has 0 unspecified atom stereocenters. The fourth-order valence-corrected chi connectivity index (χ4v) is 3.52. The Morgan fingerprint density at radius 2 is 2.12 bits per heavy atom. The molecule has 1 fully saturated rings. The van der Waals surface area contributed by atoms with Gasteiger partial charge in [-0.15, -0.1) is 0 Å². The van der Waals surface area contributed by atoms with E-state index in [1.807, 2.05) is 35.9 Å². The van der Waals surface area contributed by atoms with Gasteiger partial charge in [0.2, 0.25) is 0 Å². The Morgan fingerprint density at radius 1 is 1.35 bits per heavy atom. The van der Waals surface area contributed by atoms with Gasteiger partial charge in [-0.25, -0.2) is 0 Å². The first-order chi connectivity index (χ1) is 12.5. The van der Waals surface area contributed by atoms with Crippen LogP contribution in [0.5, 0.6) is 0 Å². The fraction of sp³-hybridized carbons (Fsp3) is 0.429. The van der Waals surface area contributed by atoms with Crippen LogP contribution in [0.4, 0.5) is 0 Å². The number of carbonyl (C=O) groups is 1. The molecule has 0 aliphatic heterocycles. The standard InChI is InChI=1S/C21H23ClN2O2/c1-15-12-20(10-11-21(25)26)23-24(15)14-18-13-19(22)9-8-17(18)7-6-16-4-2-3-5-16/h8-9,12-13,16H,2-5,10-11,14H2,1H3,(H,25,26). The van der Waals surface area contributed by atoms with E-state index in [0.29, 0.717) is 23.9 Å². The highest BCUT2D eigenvalue weighted by atomic mass is 35.5. The van der Waals surface area contributed by atoms with Gasteiger partial charge < -0.3 is 5.11 Å². The lowest BCUT2D eigenvalue weighted by molar-refractivity contribution is -0.136. The second kappa shape index (κ2) is 8.42. The minimum Gasteiger partial charge on any atom is -0.481 e. The maximum Gasteiger partial charge on any atom is 0.303 e. The number of hydrogen-bond acceptors (Lipinski definition) is 2. The Hall–Kier alpha value is -2.25. The molecule has 1 aromatic heterocycles. The zero-order valence-electron chi connectivity index (χ0n) is 15.0. The number of aromatic nitrogens is 2. The molecule has 0 spiro atoms. The lowest BCUT2D eigenvalue weighted by Crippen LogP contribution is -2.06. The van der Waals surface area contributed by atoms with Crippen molar-refractivity contribution in [3.05, 3.63) is 51.8 Å². The molecule has 4 nitrogen and oxygen atoms in total. The van der Waals surface area contributed by atoms with Gasteiger partial charge in [0, 0.05) is 28.6 Å². The molecule has 0 saturated heterocycles. The van der Waals surface area contributed by atoms with E-state index in [0.717, 1.165) is 22.5 Å². The summed E-state index contributed by atoms with van der Waals surface area (Å²) in [4.78, 5) is 10.8. The Bertz CT molecular complexity index is 855. The number of halogens is 1. The number of aliphatic carboxylic acids is 1. The van der Waals surface area contributed by atoms with E-state index in [9.17, 15) is 4.79 Å². The second-order valence-electron chi connectivity index (χ2n) is 6.88. The molecule has 1 aliphatic carbocycles. The van der Waals surface area contributed by atoms with E-state index < -0.39 is 5.97 Å². The van der Waals surface area contributed by atoms with Crippen LogP contribution >= 0.6 is 11.6 Å². The summed E-state index contributed by atoms with van der Waals surface area (Å²) < 4.78 is 1.89. The monoisotopic (exact) mass is 370 g/mol. The summed E-state index contributed by atoms with van der Waals surface area (Å²) in [5.41, 5.74) is 3.83. The molecule has 26 heavy (non-hydrogen) atoms. The van der Waals surface area contributed by atoms with Crippen LogP contribution in [0.2, 0.25) is 5.02 Å². The highest BCUT2D eigenvalue weighted by Crippen LogP contribution is 2.24. The van der Waals surface area contributed by atoms with Crippen molar-refractivity contribution >= 4 is 17.6 Å². The third-order valence-electron chi connectivity index (χ3n) is 4.78. The molecule has 1 heterocycles. The molecule has 0 radical (unpaired) electrons. The number of carboxylic acid groups (broad SMARTS) is 1. The van der Waals surface area contributed by atoms with Crippen molar-refractivity contribution in [1.82, 2.24) is 9.78 Å². The van der Waals surface area contributed by atoms with Gasteiger partial charge in [-0.05, 0) is 49.6 Å². The molecular formula is C21H23ClN2O2. The number of aryl methyl sites for hydroxylation is 2. The molecule has 1 aliphatic rings. The summed E-state index contributed by atoms with van der Waals surface area (Å²) in [5, 5.41) is 14.1. The van der Waals surface area contributed by atoms with Gasteiger partial charge in [-0.1, -0.05) is 36.3 Å². The van der Waals surface area contributed by atoms with Crippen molar-refractivity contribution in [1.29, 1.82) is 0 Å². The minimum atomic E-state index is -0.809. The van der Waals surface area contributed by atoms with Crippen LogP contribution in [0.3, 0.4) is 0 Å². The molecule has 0 bridgehead atoms. The molecule has 1 N–H and O–H groups in total. The van der Waals surface area contributed by atoms with Crippen LogP contribution in [-0.2, 0) is 17.8 Å². The van der Waals surface area contributed by atoms with Crippen molar-refractivity contribution in [3.63, 3.8) is 0 Å². The summed E-state index contributed by atoms with van der Waals surface area (Å²) in [5.74, 6) is 6.45. The number of carboxylic acids is 1. The zero-order chi connectivity index (χ0) is 18.5. The quantitative estimate of drug-likeness (QED) is 0.791. The van der Waals surface area contributed by atoms with Crippen LogP contribution < -0.4 is 0 Å². The van der Waals surface area contributed by atoms with Gasteiger partial charge in [0.25, 0.3) is 0 Å². The first-order valence-corrected chi connectivity index (χ1v) is 9.44. The van der Waals surface area contributed by atoms with Crippen LogP contribution in [-0.4, -0.2) is 20.9 Å². The fourth-order valence-electron chi connectivity index (χ4n) is 3.32. The lowest BCUT2D eigenvalue weighted by Gasteiger charge is -2.08. The Morgan fingerprint density at radius 3 is 2.85 bits per heavy atom. The highest BCUT2D eigenvalue weighted by Gasteiger charge is 2.12.